The molecule has 12 heavy (non-hydrogen) atoms. The summed E-state index contributed by atoms with van der Waals surface area (Å²) in [7, 11) is 0. The van der Waals surface area contributed by atoms with Gasteiger partial charge in [-0.2, -0.15) is 0 Å². The van der Waals surface area contributed by atoms with Gasteiger partial charge in [-0.1, -0.05) is 47.5 Å². The molecule has 72 valence electrons. The Kier molecular flexibility index (Phi) is 2.85. The van der Waals surface area contributed by atoms with Crippen molar-refractivity contribution in [2.75, 3.05) is 0 Å². The lowest BCUT2D eigenvalue weighted by Crippen LogP contribution is -2.33. The summed E-state index contributed by atoms with van der Waals surface area (Å²) in [4.78, 5) is 0. The van der Waals surface area contributed by atoms with E-state index in [1.165, 1.54) is 19.3 Å². The molecule has 3 unspecified atom stereocenters. The van der Waals surface area contributed by atoms with Gasteiger partial charge in [0, 0.05) is 0 Å². The van der Waals surface area contributed by atoms with Gasteiger partial charge in [-0.3, -0.25) is 0 Å². The summed E-state index contributed by atoms with van der Waals surface area (Å²) >= 11 is 0. The highest BCUT2D eigenvalue weighted by atomic mass is 14.4. The van der Waals surface area contributed by atoms with E-state index in [0.29, 0.717) is 5.41 Å². The molecule has 0 aromatic rings. The number of hydrogen-bond acceptors (Lipinski definition) is 0. The van der Waals surface area contributed by atoms with Gasteiger partial charge in [0.05, 0.1) is 0 Å². The Balaban J connectivity index is 2.64. The maximum absolute atomic E-state index is 2.44. The van der Waals surface area contributed by atoms with E-state index in [1.807, 2.05) is 0 Å². The van der Waals surface area contributed by atoms with E-state index < -0.39 is 0 Å². The van der Waals surface area contributed by atoms with Gasteiger partial charge < -0.3 is 0 Å². The molecule has 0 heterocycles. The van der Waals surface area contributed by atoms with Gasteiger partial charge in [0.2, 0.25) is 0 Å². The molecule has 1 rings (SSSR count). The molecule has 1 aliphatic rings. The predicted octanol–water partition coefficient (Wildman–Crippen LogP) is 4.10. The molecular weight excluding hydrogens is 144 g/mol. The summed E-state index contributed by atoms with van der Waals surface area (Å²) < 4.78 is 0. The topological polar surface area (TPSA) is 0 Å². The first-order chi connectivity index (χ1) is 5.43. The quantitative estimate of drug-likeness (QED) is 0.511. The van der Waals surface area contributed by atoms with Crippen molar-refractivity contribution in [2.45, 2.75) is 53.9 Å². The Morgan fingerprint density at radius 2 is 1.58 bits per heavy atom. The van der Waals surface area contributed by atoms with E-state index in [4.69, 9.17) is 0 Å². The summed E-state index contributed by atoms with van der Waals surface area (Å²) in [6.07, 6.45) is 4.36. The Morgan fingerprint density at radius 1 is 1.00 bits per heavy atom. The minimum Gasteiger partial charge on any atom is -0.0622 e. The summed E-state index contributed by atoms with van der Waals surface area (Å²) in [5.41, 5.74) is 0.522. The predicted molar refractivity (Wildman–Crippen MR) is 55.1 cm³/mol. The molecule has 0 radical (unpaired) electrons. The van der Waals surface area contributed by atoms with Gasteiger partial charge in [0.1, 0.15) is 0 Å². The third-order valence-corrected chi connectivity index (χ3v) is 3.82. The second kappa shape index (κ2) is 3.40. The average Bonchev–Trinajstić information content (AvgIpc) is 1.92. The lowest BCUT2D eigenvalue weighted by atomic mass is 9.64. The molecule has 0 aromatic carbocycles. The molecule has 1 fully saturated rings. The molecule has 0 amide bonds. The van der Waals surface area contributed by atoms with Crippen LogP contribution >= 0.6 is 0 Å². The summed E-state index contributed by atoms with van der Waals surface area (Å²) in [5, 5.41) is 0. The van der Waals surface area contributed by atoms with Crippen molar-refractivity contribution >= 4 is 0 Å². The molecule has 0 aliphatic heterocycles. The Labute approximate surface area is 77.7 Å². The number of rotatable bonds is 0. The van der Waals surface area contributed by atoms with Crippen LogP contribution < -0.4 is 0 Å². The minimum atomic E-state index is 0.522. The standard InChI is InChI=1S/C12H24/c1-9-7-6-8-11(10(9)2)12(3,4)5/h9-11H,6-8H2,1-5H3. The van der Waals surface area contributed by atoms with Gasteiger partial charge in [-0.05, 0) is 29.6 Å². The first-order valence-electron chi connectivity index (χ1n) is 5.43. The maximum atomic E-state index is 2.44. The zero-order valence-corrected chi connectivity index (χ0v) is 9.35. The Morgan fingerprint density at radius 3 is 2.00 bits per heavy atom. The van der Waals surface area contributed by atoms with E-state index in [1.54, 1.807) is 0 Å². The van der Waals surface area contributed by atoms with E-state index >= 15 is 0 Å². The monoisotopic (exact) mass is 168 g/mol. The first kappa shape index (κ1) is 10.1. The largest absolute Gasteiger partial charge is 0.0622 e. The molecule has 0 aromatic heterocycles. The molecule has 0 nitrogen and oxygen atoms in total. The van der Waals surface area contributed by atoms with Crippen LogP contribution in [-0.2, 0) is 0 Å². The third-order valence-electron chi connectivity index (χ3n) is 3.82. The molecule has 3 atom stereocenters. The molecule has 0 saturated heterocycles. The summed E-state index contributed by atoms with van der Waals surface area (Å²) in [6, 6.07) is 0. The number of hydrogen-bond donors (Lipinski definition) is 0. The van der Waals surface area contributed by atoms with E-state index in [9.17, 15) is 0 Å². The van der Waals surface area contributed by atoms with Crippen LogP contribution in [0.4, 0.5) is 0 Å². The smallest absolute Gasteiger partial charge is 0.0337 e. The van der Waals surface area contributed by atoms with Gasteiger partial charge >= 0.3 is 0 Å². The van der Waals surface area contributed by atoms with Crippen LogP contribution in [0.5, 0.6) is 0 Å². The van der Waals surface area contributed by atoms with Crippen molar-refractivity contribution < 1.29 is 0 Å². The highest BCUT2D eigenvalue weighted by molar-refractivity contribution is 4.84. The molecule has 0 bridgehead atoms. The van der Waals surface area contributed by atoms with Crippen LogP contribution in [-0.4, -0.2) is 0 Å². The van der Waals surface area contributed by atoms with Crippen molar-refractivity contribution in [1.82, 2.24) is 0 Å². The highest BCUT2D eigenvalue weighted by Gasteiger charge is 2.34. The minimum absolute atomic E-state index is 0.522. The van der Waals surface area contributed by atoms with Crippen molar-refractivity contribution in [3.8, 4) is 0 Å². The normalized spacial score (nSPS) is 38.2. The zero-order valence-electron chi connectivity index (χ0n) is 9.35. The van der Waals surface area contributed by atoms with E-state index in [0.717, 1.165) is 17.8 Å². The lowest BCUT2D eigenvalue weighted by molar-refractivity contribution is 0.0801. The van der Waals surface area contributed by atoms with Gasteiger partial charge in [-0.25, -0.2) is 0 Å². The van der Waals surface area contributed by atoms with Crippen LogP contribution in [0.2, 0.25) is 0 Å². The SMILES string of the molecule is CC1CCCC(C(C)(C)C)C1C. The Hall–Kier alpha value is 0. The maximum Gasteiger partial charge on any atom is -0.0337 e. The second-order valence-electron chi connectivity index (χ2n) is 5.74. The van der Waals surface area contributed by atoms with E-state index in [2.05, 4.69) is 34.6 Å². The van der Waals surface area contributed by atoms with Gasteiger partial charge in [-0.15, -0.1) is 0 Å². The van der Waals surface area contributed by atoms with Crippen LogP contribution in [0.3, 0.4) is 0 Å². The molecule has 0 heteroatoms. The molecule has 1 saturated carbocycles. The third kappa shape index (κ3) is 2.02. The highest BCUT2D eigenvalue weighted by Crippen LogP contribution is 2.43. The first-order valence-corrected chi connectivity index (χ1v) is 5.43. The zero-order chi connectivity index (χ0) is 9.35. The molecule has 0 N–H and O–H groups in total. The van der Waals surface area contributed by atoms with Crippen LogP contribution in [0.1, 0.15) is 53.9 Å². The Bertz CT molecular complexity index is 141. The van der Waals surface area contributed by atoms with Crippen LogP contribution in [0.15, 0.2) is 0 Å². The molecular formula is C12H24. The van der Waals surface area contributed by atoms with Gasteiger partial charge in [0.25, 0.3) is 0 Å². The van der Waals surface area contributed by atoms with E-state index in [-0.39, 0.29) is 0 Å². The van der Waals surface area contributed by atoms with Crippen molar-refractivity contribution in [3.63, 3.8) is 0 Å². The molecule has 0 spiro atoms. The van der Waals surface area contributed by atoms with Crippen molar-refractivity contribution in [1.29, 1.82) is 0 Å². The van der Waals surface area contributed by atoms with Crippen LogP contribution in [0, 0.1) is 23.2 Å². The fraction of sp³-hybridized carbons (Fsp3) is 1.00. The average molecular weight is 168 g/mol. The molecule has 1 aliphatic carbocycles. The van der Waals surface area contributed by atoms with Gasteiger partial charge in [0.15, 0.2) is 0 Å². The van der Waals surface area contributed by atoms with Crippen molar-refractivity contribution in [3.05, 3.63) is 0 Å². The van der Waals surface area contributed by atoms with Crippen molar-refractivity contribution in [2.24, 2.45) is 23.2 Å². The fourth-order valence-corrected chi connectivity index (χ4v) is 2.80. The summed E-state index contributed by atoms with van der Waals surface area (Å²) in [6.45, 7) is 12.0. The lowest BCUT2D eigenvalue weighted by Gasteiger charge is -2.42. The fourth-order valence-electron chi connectivity index (χ4n) is 2.80. The second-order valence-corrected chi connectivity index (χ2v) is 5.74. The summed E-state index contributed by atoms with van der Waals surface area (Å²) in [5.74, 6) is 2.82. The van der Waals surface area contributed by atoms with Crippen LogP contribution in [0.25, 0.3) is 0 Å².